The Morgan fingerprint density at radius 2 is 1.57 bits per heavy atom. The van der Waals surface area contributed by atoms with Crippen molar-refractivity contribution in [2.45, 2.75) is 39.8 Å². The fraction of sp³-hybridized carbons (Fsp3) is 0.227. The Labute approximate surface area is 300 Å². The molecule has 1 fully saturated rings. The van der Waals surface area contributed by atoms with Crippen LogP contribution < -0.4 is 0 Å². The Kier molecular flexibility index (Phi) is 10.6. The van der Waals surface area contributed by atoms with Crippen molar-refractivity contribution in [3.05, 3.63) is 173 Å². The smallest absolute Gasteiger partial charge is 0.254 e. The largest absolute Gasteiger partial charge is 0.331 e. The first-order valence-electron chi connectivity index (χ1n) is 17.8. The maximum atomic E-state index is 14.0. The van der Waals surface area contributed by atoms with Crippen LogP contribution in [0.1, 0.15) is 62.7 Å². The molecule has 1 amide bonds. The van der Waals surface area contributed by atoms with E-state index >= 15 is 0 Å². The van der Waals surface area contributed by atoms with E-state index in [4.69, 9.17) is 4.98 Å². The highest BCUT2D eigenvalue weighted by Gasteiger charge is 2.17. The number of aryl methyl sites for hydroxylation is 2. The highest BCUT2D eigenvalue weighted by molar-refractivity contribution is 5.94. The number of rotatable bonds is 12. The van der Waals surface area contributed by atoms with Crippen molar-refractivity contribution >= 4 is 28.6 Å². The summed E-state index contributed by atoms with van der Waals surface area (Å²) in [6.07, 6.45) is 12.5. The number of amides is 1. The van der Waals surface area contributed by atoms with Crippen molar-refractivity contribution in [1.82, 2.24) is 29.3 Å². The van der Waals surface area contributed by atoms with Gasteiger partial charge < -0.3 is 9.47 Å². The molecule has 7 rings (SSSR count). The van der Waals surface area contributed by atoms with Crippen molar-refractivity contribution in [2.75, 3.05) is 26.2 Å². The second kappa shape index (κ2) is 15.9. The van der Waals surface area contributed by atoms with E-state index in [1.54, 1.807) is 12.4 Å². The zero-order valence-corrected chi connectivity index (χ0v) is 29.5. The number of fused-ring (bicyclic) bond motifs is 1. The number of nitrogens with zero attached hydrogens (tertiary/aromatic N) is 6. The van der Waals surface area contributed by atoms with E-state index in [2.05, 4.69) is 81.0 Å². The number of carbonyl (C=O) groups excluding carboxylic acids is 1. The summed E-state index contributed by atoms with van der Waals surface area (Å²) in [5.41, 5.74) is 10.1. The summed E-state index contributed by atoms with van der Waals surface area (Å²) in [6.45, 7) is 8.96. The molecule has 7 nitrogen and oxygen atoms in total. The number of pyridine rings is 2. The van der Waals surface area contributed by atoms with Crippen LogP contribution in [0, 0.1) is 13.8 Å². The van der Waals surface area contributed by atoms with E-state index in [9.17, 15) is 4.79 Å². The zero-order valence-electron chi connectivity index (χ0n) is 29.5. The first-order chi connectivity index (χ1) is 25.0. The average Bonchev–Trinajstić information content (AvgIpc) is 3.80. The molecule has 1 aliphatic rings. The third kappa shape index (κ3) is 8.39. The number of hydrogen-bond acceptors (Lipinski definition) is 5. The average molecular weight is 673 g/mol. The minimum Gasteiger partial charge on any atom is -0.331 e. The lowest BCUT2D eigenvalue weighted by Gasteiger charge is -2.22. The Hall–Kier alpha value is -5.66. The maximum absolute atomic E-state index is 14.0. The lowest BCUT2D eigenvalue weighted by atomic mass is 10.00. The Morgan fingerprint density at radius 1 is 0.804 bits per heavy atom. The van der Waals surface area contributed by atoms with E-state index in [0.717, 1.165) is 64.6 Å². The predicted molar refractivity (Wildman–Crippen MR) is 206 cm³/mol. The maximum Gasteiger partial charge on any atom is 0.254 e. The molecular weight excluding hydrogens is 629 g/mol. The molecule has 3 aromatic carbocycles. The third-order valence-corrected chi connectivity index (χ3v) is 9.56. The van der Waals surface area contributed by atoms with Crippen LogP contribution >= 0.6 is 0 Å². The second-order valence-electron chi connectivity index (χ2n) is 13.3. The Morgan fingerprint density at radius 3 is 2.35 bits per heavy atom. The molecule has 6 aromatic rings. The van der Waals surface area contributed by atoms with E-state index in [1.807, 2.05) is 78.6 Å². The Bertz CT molecular complexity index is 2140. The molecule has 0 atom stereocenters. The van der Waals surface area contributed by atoms with Gasteiger partial charge in [0.25, 0.3) is 5.91 Å². The van der Waals surface area contributed by atoms with Crippen molar-refractivity contribution in [3.8, 4) is 0 Å². The van der Waals surface area contributed by atoms with E-state index < -0.39 is 0 Å². The summed E-state index contributed by atoms with van der Waals surface area (Å²) in [5.74, 6) is 0.919. The van der Waals surface area contributed by atoms with Gasteiger partial charge in [-0.3, -0.25) is 14.7 Å². The molecule has 3 aromatic heterocycles. The standard InChI is InChI=1S/C44H44N6O/c1-33-15-19-37(20-16-33)40(24-29-48-26-6-7-27-48)41-14-8-12-39(47-41)13-9-28-49(31-35-10-4-3-5-11-35)44(51)38-21-17-36(18-22-38)32-50-34(2)46-42-30-45-25-23-43(42)50/h3-5,8-25,30H,6-7,26-29,31-32H2,1-2H3. The van der Waals surface area contributed by atoms with Gasteiger partial charge in [0.15, 0.2) is 0 Å². The second-order valence-corrected chi connectivity index (χ2v) is 13.3. The lowest BCUT2D eigenvalue weighted by molar-refractivity contribution is 0.0763. The van der Waals surface area contributed by atoms with Gasteiger partial charge in [-0.2, -0.15) is 0 Å². The molecule has 0 bridgehead atoms. The number of imidazole rings is 1. The summed E-state index contributed by atoms with van der Waals surface area (Å²) in [4.78, 5) is 32.3. The van der Waals surface area contributed by atoms with Gasteiger partial charge in [-0.25, -0.2) is 9.97 Å². The highest BCUT2D eigenvalue weighted by atomic mass is 16.2. The fourth-order valence-corrected chi connectivity index (χ4v) is 6.73. The van der Waals surface area contributed by atoms with Crippen LogP contribution in [0.5, 0.6) is 0 Å². The highest BCUT2D eigenvalue weighted by Crippen LogP contribution is 2.24. The SMILES string of the molecule is Cc1ccc(C(=CCN2CCCC2)c2cccc(C=CCN(Cc3ccccc3)C(=O)c3ccc(Cn4c(C)nc5cnccc54)cc3)n2)cc1. The van der Waals surface area contributed by atoms with Crippen LogP contribution in [0.15, 0.2) is 128 Å². The number of likely N-dealkylation sites (tertiary alicyclic amines) is 1. The van der Waals surface area contributed by atoms with Crippen molar-refractivity contribution in [3.63, 3.8) is 0 Å². The lowest BCUT2D eigenvalue weighted by Crippen LogP contribution is -2.30. The van der Waals surface area contributed by atoms with Crippen molar-refractivity contribution in [2.24, 2.45) is 0 Å². The Balaban J connectivity index is 1.09. The van der Waals surface area contributed by atoms with Crippen molar-refractivity contribution in [1.29, 1.82) is 0 Å². The molecule has 0 radical (unpaired) electrons. The normalized spacial score (nSPS) is 13.7. The minimum atomic E-state index is -0.0152. The van der Waals surface area contributed by atoms with E-state index in [1.165, 1.54) is 24.0 Å². The topological polar surface area (TPSA) is 67.2 Å². The zero-order chi connectivity index (χ0) is 35.0. The molecule has 0 saturated carbocycles. The summed E-state index contributed by atoms with van der Waals surface area (Å²) in [7, 11) is 0. The quantitative estimate of drug-likeness (QED) is 0.131. The summed E-state index contributed by atoms with van der Waals surface area (Å²) in [6, 6.07) is 35.0. The van der Waals surface area contributed by atoms with E-state index in [0.29, 0.717) is 25.2 Å². The van der Waals surface area contributed by atoms with Gasteiger partial charge in [0.05, 0.1) is 23.1 Å². The van der Waals surface area contributed by atoms with Gasteiger partial charge in [-0.1, -0.05) is 90.5 Å². The first-order valence-corrected chi connectivity index (χ1v) is 17.8. The number of benzene rings is 3. The molecule has 256 valence electrons. The van der Waals surface area contributed by atoms with Crippen LogP contribution in [-0.4, -0.2) is 61.4 Å². The summed E-state index contributed by atoms with van der Waals surface area (Å²) in [5, 5.41) is 0. The molecule has 51 heavy (non-hydrogen) atoms. The van der Waals surface area contributed by atoms with Gasteiger partial charge in [-0.05, 0) is 92.9 Å². The van der Waals surface area contributed by atoms with Crippen LogP contribution in [-0.2, 0) is 13.1 Å². The number of carbonyl (C=O) groups is 1. The summed E-state index contributed by atoms with van der Waals surface area (Å²) < 4.78 is 2.18. The number of aromatic nitrogens is 4. The predicted octanol–water partition coefficient (Wildman–Crippen LogP) is 8.37. The van der Waals surface area contributed by atoms with Crippen molar-refractivity contribution < 1.29 is 4.79 Å². The minimum absolute atomic E-state index is 0.0152. The molecular formula is C44H44N6O. The van der Waals surface area contributed by atoms with E-state index in [-0.39, 0.29) is 5.91 Å². The van der Waals surface area contributed by atoms with Crippen LogP contribution in [0.25, 0.3) is 22.7 Å². The van der Waals surface area contributed by atoms with Gasteiger partial charge in [0.1, 0.15) is 11.3 Å². The molecule has 0 N–H and O–H groups in total. The van der Waals surface area contributed by atoms with Gasteiger partial charge in [0.2, 0.25) is 0 Å². The van der Waals surface area contributed by atoms with Crippen LogP contribution in [0.3, 0.4) is 0 Å². The van der Waals surface area contributed by atoms with Crippen LogP contribution in [0.4, 0.5) is 0 Å². The van der Waals surface area contributed by atoms with Gasteiger partial charge >= 0.3 is 0 Å². The van der Waals surface area contributed by atoms with Gasteiger partial charge in [0, 0.05) is 43.5 Å². The molecule has 1 aliphatic heterocycles. The molecule has 1 saturated heterocycles. The third-order valence-electron chi connectivity index (χ3n) is 9.56. The molecule has 0 unspecified atom stereocenters. The monoisotopic (exact) mass is 672 g/mol. The molecule has 0 aliphatic carbocycles. The molecule has 0 spiro atoms. The van der Waals surface area contributed by atoms with Gasteiger partial charge in [-0.15, -0.1) is 0 Å². The first kappa shape index (κ1) is 33.8. The molecule has 7 heteroatoms. The fourth-order valence-electron chi connectivity index (χ4n) is 6.73. The molecule has 4 heterocycles. The number of hydrogen-bond donors (Lipinski definition) is 0. The summed E-state index contributed by atoms with van der Waals surface area (Å²) >= 11 is 0. The van der Waals surface area contributed by atoms with Crippen LogP contribution in [0.2, 0.25) is 0 Å².